The Hall–Kier alpha value is -3.75. The molecule has 0 spiro atoms. The van der Waals surface area contributed by atoms with E-state index >= 15 is 0 Å². The molecule has 0 atom stereocenters. The largest absolute Gasteiger partial charge is 0.385 e. The number of hydrogen-bond donors (Lipinski definition) is 0. The zero-order chi connectivity index (χ0) is 19.6. The standard InChI is InChI=1S/C13H11N2S.C6H4N3O2.CH4/c1-10-2-6-12(7-3-10)16-13-8-4-11(15-14)5-9-13;7-8-5-1-3-6(4-2-5)9(10)11;/h2-9H,1H3;1-4H;1H4/q2*+1;. The van der Waals surface area contributed by atoms with Crippen molar-refractivity contribution in [2.45, 2.75) is 24.1 Å². The molecule has 3 aromatic carbocycles. The minimum absolute atomic E-state index is 0. The molecule has 0 aromatic heterocycles. The average Bonchev–Trinajstić information content (AvgIpc) is 2.71. The Morgan fingerprint density at radius 1 is 0.786 bits per heavy atom. The van der Waals surface area contributed by atoms with Crippen LogP contribution in [0, 0.1) is 27.8 Å². The molecular formula is C20H19N5O2S+2. The van der Waals surface area contributed by atoms with Gasteiger partial charge in [-0.15, -0.1) is 0 Å². The average molecular weight is 393 g/mol. The van der Waals surface area contributed by atoms with E-state index in [-0.39, 0.29) is 13.1 Å². The SMILES string of the molecule is C.Cc1ccc(Sc2ccc([N+]#N)cc2)cc1.N#[N+]c1ccc([N+](=O)[O-])cc1. The maximum atomic E-state index is 10.1. The zero-order valence-electron chi connectivity index (χ0n) is 14.4. The Labute approximate surface area is 167 Å². The fourth-order valence-electron chi connectivity index (χ4n) is 1.96. The number of benzene rings is 3. The van der Waals surface area contributed by atoms with Crippen LogP contribution in [0.5, 0.6) is 0 Å². The van der Waals surface area contributed by atoms with E-state index in [1.807, 2.05) is 12.1 Å². The molecule has 0 aliphatic rings. The van der Waals surface area contributed by atoms with E-state index in [2.05, 4.69) is 41.1 Å². The summed E-state index contributed by atoms with van der Waals surface area (Å²) in [5.41, 5.74) is 2.13. The molecule has 0 amide bonds. The summed E-state index contributed by atoms with van der Waals surface area (Å²) >= 11 is 1.69. The summed E-state index contributed by atoms with van der Waals surface area (Å²) in [6.07, 6.45) is 0. The maximum Gasteiger partial charge on any atom is 0.385 e. The highest BCUT2D eigenvalue weighted by Crippen LogP contribution is 2.29. The molecule has 0 saturated heterocycles. The summed E-state index contributed by atoms with van der Waals surface area (Å²) < 4.78 is 0. The van der Waals surface area contributed by atoms with Gasteiger partial charge in [0.2, 0.25) is 10.8 Å². The van der Waals surface area contributed by atoms with Crippen LogP contribution in [0.4, 0.5) is 17.1 Å². The monoisotopic (exact) mass is 393 g/mol. The van der Waals surface area contributed by atoms with Crippen molar-refractivity contribution in [3.63, 3.8) is 0 Å². The Kier molecular flexibility index (Phi) is 8.81. The summed E-state index contributed by atoms with van der Waals surface area (Å²) in [7, 11) is 0. The molecule has 28 heavy (non-hydrogen) atoms. The molecule has 0 aliphatic carbocycles. The van der Waals surface area contributed by atoms with Crippen molar-refractivity contribution in [1.29, 1.82) is 10.8 Å². The van der Waals surface area contributed by atoms with Gasteiger partial charge >= 0.3 is 11.4 Å². The highest BCUT2D eigenvalue weighted by Gasteiger charge is 2.08. The van der Waals surface area contributed by atoms with Crippen LogP contribution in [0.25, 0.3) is 9.95 Å². The van der Waals surface area contributed by atoms with Gasteiger partial charge in [0.15, 0.2) is 9.95 Å². The third-order valence-corrected chi connectivity index (χ3v) is 4.40. The molecule has 3 aromatic rings. The van der Waals surface area contributed by atoms with Gasteiger partial charge in [-0.2, -0.15) is 0 Å². The van der Waals surface area contributed by atoms with E-state index in [1.54, 1.807) is 23.9 Å². The third kappa shape index (κ3) is 6.87. The van der Waals surface area contributed by atoms with Gasteiger partial charge in [0.25, 0.3) is 5.69 Å². The lowest BCUT2D eigenvalue weighted by atomic mass is 10.2. The molecule has 0 unspecified atom stereocenters. The smallest absolute Gasteiger partial charge is 0.258 e. The van der Waals surface area contributed by atoms with Crippen molar-refractivity contribution in [3.05, 3.63) is 98.4 Å². The second kappa shape index (κ2) is 11.1. The number of rotatable bonds is 3. The second-order valence-corrected chi connectivity index (χ2v) is 6.53. The Morgan fingerprint density at radius 2 is 1.18 bits per heavy atom. The molecular weight excluding hydrogens is 374 g/mol. The Bertz CT molecular complexity index is 989. The first-order chi connectivity index (χ1) is 13.0. The summed E-state index contributed by atoms with van der Waals surface area (Å²) in [4.78, 5) is 17.9. The summed E-state index contributed by atoms with van der Waals surface area (Å²) in [5, 5.41) is 26.9. The molecule has 0 N–H and O–H groups in total. The van der Waals surface area contributed by atoms with Crippen LogP contribution < -0.4 is 0 Å². The van der Waals surface area contributed by atoms with Gasteiger partial charge in [0, 0.05) is 46.2 Å². The molecule has 140 valence electrons. The molecule has 0 radical (unpaired) electrons. The molecule has 0 bridgehead atoms. The van der Waals surface area contributed by atoms with Crippen LogP contribution in [0.1, 0.15) is 13.0 Å². The van der Waals surface area contributed by atoms with Crippen LogP contribution >= 0.6 is 11.8 Å². The topological polar surface area (TPSA) is 99.4 Å². The van der Waals surface area contributed by atoms with Gasteiger partial charge < -0.3 is 0 Å². The molecule has 7 nitrogen and oxygen atoms in total. The van der Waals surface area contributed by atoms with Gasteiger partial charge in [-0.1, -0.05) is 36.9 Å². The fraction of sp³-hybridized carbons (Fsp3) is 0.100. The normalized spacial score (nSPS) is 8.96. The van der Waals surface area contributed by atoms with Crippen molar-refractivity contribution >= 4 is 28.8 Å². The second-order valence-electron chi connectivity index (χ2n) is 5.38. The summed E-state index contributed by atoms with van der Waals surface area (Å²) in [6, 6.07) is 21.1. The van der Waals surface area contributed by atoms with Gasteiger partial charge in [-0.05, 0) is 31.2 Å². The molecule has 0 heterocycles. The molecule has 8 heteroatoms. The number of nitro groups is 1. The minimum Gasteiger partial charge on any atom is -0.258 e. The fourth-order valence-corrected chi connectivity index (χ4v) is 2.78. The molecule has 0 aliphatic heterocycles. The number of nitrogens with zero attached hydrogens (tertiary/aromatic N) is 5. The van der Waals surface area contributed by atoms with E-state index in [1.165, 1.54) is 34.7 Å². The quantitative estimate of drug-likeness (QED) is 0.263. The van der Waals surface area contributed by atoms with Crippen LogP contribution in [0.3, 0.4) is 0 Å². The number of nitro benzene ring substituents is 1. The van der Waals surface area contributed by atoms with E-state index in [0.717, 1.165) is 4.90 Å². The van der Waals surface area contributed by atoms with E-state index in [9.17, 15) is 10.1 Å². The third-order valence-electron chi connectivity index (χ3n) is 3.38. The first kappa shape index (κ1) is 22.3. The highest BCUT2D eigenvalue weighted by molar-refractivity contribution is 7.99. The lowest BCUT2D eigenvalue weighted by Gasteiger charge is -2.00. The predicted octanol–water partition coefficient (Wildman–Crippen LogP) is 7.35. The molecule has 0 fully saturated rings. The lowest BCUT2D eigenvalue weighted by Crippen LogP contribution is -1.85. The Morgan fingerprint density at radius 3 is 1.57 bits per heavy atom. The van der Waals surface area contributed by atoms with E-state index in [0.29, 0.717) is 11.4 Å². The number of diazo groups is 2. The van der Waals surface area contributed by atoms with E-state index in [4.69, 9.17) is 10.8 Å². The van der Waals surface area contributed by atoms with Gasteiger partial charge in [-0.3, -0.25) is 10.1 Å². The minimum atomic E-state index is -0.513. The zero-order valence-corrected chi connectivity index (χ0v) is 15.2. The summed E-state index contributed by atoms with van der Waals surface area (Å²) in [6.45, 7) is 2.08. The Balaban J connectivity index is 0.000000289. The maximum absolute atomic E-state index is 10.1. The van der Waals surface area contributed by atoms with Gasteiger partial charge in [0.05, 0.1) is 4.92 Å². The van der Waals surface area contributed by atoms with Crippen molar-refractivity contribution in [2.24, 2.45) is 0 Å². The summed E-state index contributed by atoms with van der Waals surface area (Å²) in [5.74, 6) is 0. The highest BCUT2D eigenvalue weighted by atomic mass is 32.2. The van der Waals surface area contributed by atoms with Crippen LogP contribution in [0.2, 0.25) is 0 Å². The van der Waals surface area contributed by atoms with Gasteiger partial charge in [0.1, 0.15) is 0 Å². The van der Waals surface area contributed by atoms with Crippen LogP contribution in [-0.2, 0) is 0 Å². The van der Waals surface area contributed by atoms with E-state index < -0.39 is 4.92 Å². The lowest BCUT2D eigenvalue weighted by molar-refractivity contribution is -0.384. The molecule has 3 rings (SSSR count). The number of aryl methyl sites for hydroxylation is 1. The van der Waals surface area contributed by atoms with Crippen molar-refractivity contribution < 1.29 is 4.92 Å². The van der Waals surface area contributed by atoms with Crippen molar-refractivity contribution in [1.82, 2.24) is 0 Å². The first-order valence-corrected chi connectivity index (χ1v) is 8.62. The first-order valence-electron chi connectivity index (χ1n) is 7.81. The number of hydrogen-bond acceptors (Lipinski definition) is 5. The van der Waals surface area contributed by atoms with Crippen LogP contribution in [-0.4, -0.2) is 4.92 Å². The molecule has 0 saturated carbocycles. The van der Waals surface area contributed by atoms with Crippen molar-refractivity contribution in [3.8, 4) is 0 Å². The van der Waals surface area contributed by atoms with Crippen LogP contribution in [0.15, 0.2) is 82.6 Å². The van der Waals surface area contributed by atoms with Crippen molar-refractivity contribution in [2.75, 3.05) is 0 Å². The predicted molar refractivity (Wildman–Crippen MR) is 111 cm³/mol. The number of non-ortho nitro benzene ring substituents is 1. The van der Waals surface area contributed by atoms with Gasteiger partial charge in [-0.25, -0.2) is 0 Å².